The third-order valence-electron chi connectivity index (χ3n) is 4.51. The van der Waals surface area contributed by atoms with Gasteiger partial charge < -0.3 is 5.73 Å². The molecule has 3 rings (SSSR count). The SMILES string of the molecule is Cc1ccc(C)cc1.N[C@@H](c1ccccc1)[C@@H](NS(=O)(=O)C(F)(F)F)c1ccccc1.[Ru]. The summed E-state index contributed by atoms with van der Waals surface area (Å²) in [5, 5.41) is 0. The van der Waals surface area contributed by atoms with E-state index < -0.39 is 27.6 Å². The van der Waals surface area contributed by atoms with Gasteiger partial charge in [-0.05, 0) is 25.0 Å². The van der Waals surface area contributed by atoms with Crippen LogP contribution in [0.1, 0.15) is 34.3 Å². The minimum Gasteiger partial charge on any atom is -0.322 e. The first-order valence-electron chi connectivity index (χ1n) is 9.48. The fraction of sp³-hybridized carbons (Fsp3) is 0.217. The van der Waals surface area contributed by atoms with Gasteiger partial charge in [0.2, 0.25) is 0 Å². The Morgan fingerprint density at radius 2 is 1.12 bits per heavy atom. The Bertz CT molecular complexity index is 1030. The van der Waals surface area contributed by atoms with Crippen LogP contribution in [0.2, 0.25) is 0 Å². The molecule has 0 heterocycles. The molecule has 3 N–H and O–H groups in total. The van der Waals surface area contributed by atoms with Gasteiger partial charge in [0.05, 0.1) is 12.1 Å². The van der Waals surface area contributed by atoms with Gasteiger partial charge in [-0.25, -0.2) is 8.42 Å². The molecule has 3 aromatic carbocycles. The van der Waals surface area contributed by atoms with E-state index in [9.17, 15) is 21.6 Å². The Morgan fingerprint density at radius 3 is 1.50 bits per heavy atom. The van der Waals surface area contributed by atoms with Crippen molar-refractivity contribution in [2.24, 2.45) is 5.73 Å². The minimum atomic E-state index is -5.53. The number of rotatable bonds is 5. The van der Waals surface area contributed by atoms with Crippen LogP contribution in [-0.4, -0.2) is 13.9 Å². The molecular formula is C23H25F3N2O2RuS. The third-order valence-corrected chi connectivity index (χ3v) is 5.68. The zero-order valence-corrected chi connectivity index (χ0v) is 20.1. The van der Waals surface area contributed by atoms with Crippen LogP contribution in [0.4, 0.5) is 13.2 Å². The Kier molecular flexibility index (Phi) is 10.7. The van der Waals surface area contributed by atoms with Crippen LogP contribution < -0.4 is 10.5 Å². The van der Waals surface area contributed by atoms with E-state index in [0.717, 1.165) is 0 Å². The second-order valence-electron chi connectivity index (χ2n) is 7.05. The van der Waals surface area contributed by atoms with Crippen LogP contribution in [0, 0.1) is 13.8 Å². The summed E-state index contributed by atoms with van der Waals surface area (Å²) in [5.41, 5.74) is 4.14. The molecule has 2 atom stereocenters. The first-order valence-corrected chi connectivity index (χ1v) is 11.0. The van der Waals surface area contributed by atoms with Crippen LogP contribution in [0.25, 0.3) is 0 Å². The Labute approximate surface area is 199 Å². The molecule has 32 heavy (non-hydrogen) atoms. The van der Waals surface area contributed by atoms with Gasteiger partial charge in [-0.15, -0.1) is 0 Å². The normalized spacial score (nSPS) is 13.2. The van der Waals surface area contributed by atoms with Crippen molar-refractivity contribution in [2.45, 2.75) is 31.4 Å². The van der Waals surface area contributed by atoms with Crippen LogP contribution in [-0.2, 0) is 29.5 Å². The van der Waals surface area contributed by atoms with Crippen LogP contribution in [0.5, 0.6) is 0 Å². The molecule has 0 aliphatic heterocycles. The molecule has 0 amide bonds. The maximum Gasteiger partial charge on any atom is 0.511 e. The van der Waals surface area contributed by atoms with Gasteiger partial charge >= 0.3 is 15.5 Å². The summed E-state index contributed by atoms with van der Waals surface area (Å²) < 4.78 is 62.7. The molecule has 0 radical (unpaired) electrons. The first-order chi connectivity index (χ1) is 14.5. The van der Waals surface area contributed by atoms with Gasteiger partial charge in [0.1, 0.15) is 0 Å². The maximum absolute atomic E-state index is 12.7. The van der Waals surface area contributed by atoms with E-state index in [2.05, 4.69) is 38.1 Å². The minimum absolute atomic E-state index is 0. The van der Waals surface area contributed by atoms with Crippen LogP contribution >= 0.6 is 0 Å². The van der Waals surface area contributed by atoms with Gasteiger partial charge in [0, 0.05) is 19.5 Å². The summed E-state index contributed by atoms with van der Waals surface area (Å²) in [6, 6.07) is 22.5. The number of hydrogen-bond donors (Lipinski definition) is 2. The number of nitrogens with one attached hydrogen (secondary N) is 1. The molecule has 0 unspecified atom stereocenters. The number of alkyl halides is 3. The van der Waals surface area contributed by atoms with Crippen molar-refractivity contribution in [1.29, 1.82) is 0 Å². The predicted molar refractivity (Wildman–Crippen MR) is 117 cm³/mol. The van der Waals surface area contributed by atoms with Crippen molar-refractivity contribution < 1.29 is 41.1 Å². The Hall–Kier alpha value is -2.06. The molecule has 4 nitrogen and oxygen atoms in total. The molecule has 0 saturated heterocycles. The van der Waals surface area contributed by atoms with E-state index in [4.69, 9.17) is 5.73 Å². The first kappa shape index (κ1) is 28.0. The summed E-state index contributed by atoms with van der Waals surface area (Å²) in [7, 11) is -5.53. The fourth-order valence-corrected chi connectivity index (χ4v) is 3.50. The molecule has 0 saturated carbocycles. The van der Waals surface area contributed by atoms with E-state index in [1.807, 2.05) is 0 Å². The molecule has 9 heteroatoms. The smallest absolute Gasteiger partial charge is 0.322 e. The summed E-state index contributed by atoms with van der Waals surface area (Å²) >= 11 is 0. The monoisotopic (exact) mass is 552 g/mol. The quantitative estimate of drug-likeness (QED) is 0.430. The van der Waals surface area contributed by atoms with Gasteiger partial charge in [0.15, 0.2) is 0 Å². The second-order valence-corrected chi connectivity index (χ2v) is 8.75. The van der Waals surface area contributed by atoms with Crippen molar-refractivity contribution in [3.05, 3.63) is 107 Å². The van der Waals surface area contributed by atoms with Crippen molar-refractivity contribution in [3.63, 3.8) is 0 Å². The zero-order valence-electron chi connectivity index (χ0n) is 17.5. The zero-order chi connectivity index (χ0) is 23.1. The Morgan fingerprint density at radius 1 is 0.750 bits per heavy atom. The number of benzene rings is 3. The molecular weight excluding hydrogens is 526 g/mol. The van der Waals surface area contributed by atoms with Gasteiger partial charge in [0.25, 0.3) is 0 Å². The van der Waals surface area contributed by atoms with Crippen molar-refractivity contribution >= 4 is 10.0 Å². The van der Waals surface area contributed by atoms with Crippen LogP contribution in [0.15, 0.2) is 84.9 Å². The summed E-state index contributed by atoms with van der Waals surface area (Å²) in [4.78, 5) is 0. The van der Waals surface area contributed by atoms with Crippen molar-refractivity contribution in [3.8, 4) is 0 Å². The number of halogens is 3. The number of nitrogens with two attached hydrogens (primary N) is 1. The fourth-order valence-electron chi connectivity index (χ4n) is 2.75. The number of sulfonamides is 1. The molecule has 3 aromatic rings. The largest absolute Gasteiger partial charge is 0.511 e. The topological polar surface area (TPSA) is 72.2 Å². The third kappa shape index (κ3) is 8.13. The second kappa shape index (κ2) is 12.3. The van der Waals surface area contributed by atoms with E-state index in [0.29, 0.717) is 11.1 Å². The molecule has 0 fully saturated rings. The summed E-state index contributed by atoms with van der Waals surface area (Å²) in [6.45, 7) is 4.19. The summed E-state index contributed by atoms with van der Waals surface area (Å²) in [6.07, 6.45) is 0. The molecule has 174 valence electrons. The van der Waals surface area contributed by atoms with Crippen molar-refractivity contribution in [2.75, 3.05) is 0 Å². The molecule has 0 aromatic heterocycles. The maximum atomic E-state index is 12.7. The van der Waals surface area contributed by atoms with E-state index in [1.165, 1.54) is 23.3 Å². The molecule has 0 bridgehead atoms. The molecule has 0 aliphatic rings. The number of aryl methyl sites for hydroxylation is 2. The Balaban J connectivity index is 0.000000480. The van der Waals surface area contributed by atoms with E-state index in [-0.39, 0.29) is 19.5 Å². The molecule has 0 spiro atoms. The molecule has 0 aliphatic carbocycles. The van der Waals surface area contributed by atoms with Crippen LogP contribution in [0.3, 0.4) is 0 Å². The van der Waals surface area contributed by atoms with E-state index in [1.54, 1.807) is 53.3 Å². The van der Waals surface area contributed by atoms with Crippen molar-refractivity contribution in [1.82, 2.24) is 4.72 Å². The predicted octanol–water partition coefficient (Wildman–Crippen LogP) is 5.17. The summed E-state index contributed by atoms with van der Waals surface area (Å²) in [5.74, 6) is 0. The van der Waals surface area contributed by atoms with Gasteiger partial charge in [-0.3, -0.25) is 0 Å². The average Bonchev–Trinajstić information content (AvgIpc) is 2.74. The average molecular weight is 552 g/mol. The standard InChI is InChI=1S/C15H15F3N2O2S.C8H10.Ru/c16-15(17,18)23(21,22)20-14(12-9-5-2-6-10-12)13(19)11-7-3-1-4-8-11;1-7-3-5-8(2)6-4-7;/h1-10,13-14,20H,19H2;3-6H,1-2H3;/t13-,14-;;/m0../s1. The van der Waals surface area contributed by atoms with Gasteiger partial charge in [-0.2, -0.15) is 17.9 Å². The van der Waals surface area contributed by atoms with Gasteiger partial charge in [-0.1, -0.05) is 96.1 Å². The van der Waals surface area contributed by atoms with E-state index >= 15 is 0 Å². The number of hydrogen-bond acceptors (Lipinski definition) is 3.